The third-order valence-electron chi connectivity index (χ3n) is 5.72. The second kappa shape index (κ2) is 11.0. The molecule has 30 heavy (non-hydrogen) atoms. The number of benzene rings is 1. The van der Waals surface area contributed by atoms with E-state index in [1.165, 1.54) is 6.07 Å². The summed E-state index contributed by atoms with van der Waals surface area (Å²) < 4.78 is 13.6. The summed E-state index contributed by atoms with van der Waals surface area (Å²) in [6.07, 6.45) is 6.63. The fourth-order valence-corrected chi connectivity index (χ4v) is 4.21. The second-order valence-electron chi connectivity index (χ2n) is 8.06. The molecule has 0 bridgehead atoms. The third kappa shape index (κ3) is 5.65. The van der Waals surface area contributed by atoms with Crippen LogP contribution in [0.3, 0.4) is 0 Å². The summed E-state index contributed by atoms with van der Waals surface area (Å²) in [5.41, 5.74) is 1.63. The van der Waals surface area contributed by atoms with E-state index in [0.717, 1.165) is 61.1 Å². The first-order chi connectivity index (χ1) is 13.9. The Morgan fingerprint density at radius 2 is 2.00 bits per heavy atom. The van der Waals surface area contributed by atoms with Crippen LogP contribution in [0.25, 0.3) is 10.9 Å². The molecule has 0 atom stereocenters. The molecule has 1 fully saturated rings. The van der Waals surface area contributed by atoms with Gasteiger partial charge in [-0.15, -0.1) is 24.0 Å². The number of hydrogen-bond acceptors (Lipinski definition) is 2. The van der Waals surface area contributed by atoms with Crippen LogP contribution >= 0.6 is 24.0 Å². The van der Waals surface area contributed by atoms with E-state index in [9.17, 15) is 9.18 Å². The van der Waals surface area contributed by atoms with Crippen molar-refractivity contribution in [1.29, 1.82) is 0 Å². The van der Waals surface area contributed by atoms with Gasteiger partial charge in [-0.3, -0.25) is 9.79 Å². The minimum absolute atomic E-state index is 0. The molecule has 1 aromatic heterocycles. The minimum atomic E-state index is -0.375. The second-order valence-corrected chi connectivity index (χ2v) is 8.06. The fourth-order valence-electron chi connectivity index (χ4n) is 4.21. The van der Waals surface area contributed by atoms with E-state index in [4.69, 9.17) is 4.99 Å². The molecule has 1 aliphatic carbocycles. The molecule has 0 unspecified atom stereocenters. The van der Waals surface area contributed by atoms with Crippen LogP contribution in [-0.4, -0.2) is 55.5 Å². The Bertz CT molecular complexity index is 874. The fraction of sp³-hybridized carbons (Fsp3) is 0.545. The summed E-state index contributed by atoms with van der Waals surface area (Å²) in [6.45, 7) is 3.94. The summed E-state index contributed by atoms with van der Waals surface area (Å²) in [4.78, 5) is 22.4. The molecule has 1 aromatic carbocycles. The highest BCUT2D eigenvalue weighted by atomic mass is 127. The van der Waals surface area contributed by atoms with Crippen LogP contribution in [0.1, 0.15) is 38.2 Å². The summed E-state index contributed by atoms with van der Waals surface area (Å²) in [5.74, 6) is 0.667. The summed E-state index contributed by atoms with van der Waals surface area (Å²) in [7, 11) is 3.64. The first-order valence-electron chi connectivity index (χ1n) is 10.4. The minimum Gasteiger partial charge on any atom is -0.361 e. The van der Waals surface area contributed by atoms with Crippen LogP contribution in [0, 0.1) is 11.2 Å². The van der Waals surface area contributed by atoms with Crippen molar-refractivity contribution in [3.05, 3.63) is 35.8 Å². The normalized spacial score (nSPS) is 15.7. The monoisotopic (exact) mass is 529 g/mol. The number of aromatic nitrogens is 1. The van der Waals surface area contributed by atoms with Crippen molar-refractivity contribution in [2.75, 3.05) is 33.7 Å². The van der Waals surface area contributed by atoms with Gasteiger partial charge in [-0.1, -0.05) is 12.8 Å². The van der Waals surface area contributed by atoms with Gasteiger partial charge in [0.1, 0.15) is 5.82 Å². The predicted octanol–water partition coefficient (Wildman–Crippen LogP) is 3.67. The van der Waals surface area contributed by atoms with Crippen molar-refractivity contribution in [3.8, 4) is 0 Å². The van der Waals surface area contributed by atoms with Gasteiger partial charge in [0.15, 0.2) is 5.96 Å². The van der Waals surface area contributed by atoms with Crippen LogP contribution in [0.2, 0.25) is 0 Å². The van der Waals surface area contributed by atoms with Crippen LogP contribution in [0.5, 0.6) is 0 Å². The molecule has 6 nitrogen and oxygen atoms in total. The summed E-state index contributed by atoms with van der Waals surface area (Å²) >= 11 is 0. The highest BCUT2D eigenvalue weighted by molar-refractivity contribution is 14.0. The molecular weight excluding hydrogens is 496 g/mol. The highest BCUT2D eigenvalue weighted by Crippen LogP contribution is 2.39. The Balaban J connectivity index is 0.00000320. The molecule has 3 N–H and O–H groups in total. The zero-order valence-corrected chi connectivity index (χ0v) is 20.4. The molecule has 0 radical (unpaired) electrons. The molecule has 0 saturated heterocycles. The standard InChI is InChI=1S/C22H32FN5O.HI/c1-4-24-21(27-15-22(10-5-6-11-22)20(29)28(2)3)25-12-9-16-14-26-19-8-7-17(23)13-18(16)19;/h7-8,13-14,26H,4-6,9-12,15H2,1-3H3,(H2,24,25,27);1H. The van der Waals surface area contributed by atoms with Crippen molar-refractivity contribution < 1.29 is 9.18 Å². The molecule has 1 amide bonds. The highest BCUT2D eigenvalue weighted by Gasteiger charge is 2.42. The van der Waals surface area contributed by atoms with Gasteiger partial charge in [-0.2, -0.15) is 0 Å². The van der Waals surface area contributed by atoms with Gasteiger partial charge in [-0.25, -0.2) is 4.39 Å². The molecule has 1 saturated carbocycles. The molecule has 1 aliphatic rings. The molecule has 8 heteroatoms. The number of carbonyl (C=O) groups excluding carboxylic acids is 1. The number of carbonyl (C=O) groups is 1. The van der Waals surface area contributed by atoms with Gasteiger partial charge in [0.05, 0.1) is 12.0 Å². The van der Waals surface area contributed by atoms with E-state index in [1.807, 2.05) is 27.2 Å². The molecule has 166 valence electrons. The number of aliphatic imine (C=N–C) groups is 1. The Morgan fingerprint density at radius 1 is 1.27 bits per heavy atom. The van der Waals surface area contributed by atoms with Crippen molar-refractivity contribution in [3.63, 3.8) is 0 Å². The van der Waals surface area contributed by atoms with Crippen LogP contribution in [0.15, 0.2) is 29.4 Å². The summed E-state index contributed by atoms with van der Waals surface area (Å²) in [6, 6.07) is 4.79. The third-order valence-corrected chi connectivity index (χ3v) is 5.72. The maximum Gasteiger partial charge on any atom is 0.230 e. The van der Waals surface area contributed by atoms with E-state index >= 15 is 0 Å². The maximum atomic E-state index is 13.6. The Morgan fingerprint density at radius 3 is 2.67 bits per heavy atom. The number of nitrogens with zero attached hydrogens (tertiary/aromatic N) is 2. The van der Waals surface area contributed by atoms with E-state index in [0.29, 0.717) is 13.1 Å². The zero-order valence-electron chi connectivity index (χ0n) is 18.1. The van der Waals surface area contributed by atoms with Gasteiger partial charge in [0, 0.05) is 44.3 Å². The number of aromatic amines is 1. The molecule has 2 aromatic rings. The number of hydrogen-bond donors (Lipinski definition) is 3. The number of amides is 1. The Labute approximate surface area is 195 Å². The maximum absolute atomic E-state index is 13.6. The van der Waals surface area contributed by atoms with Gasteiger partial charge in [-0.05, 0) is 49.9 Å². The van der Waals surface area contributed by atoms with Gasteiger partial charge in [0.2, 0.25) is 5.91 Å². The first kappa shape index (κ1) is 24.4. The van der Waals surface area contributed by atoms with Gasteiger partial charge in [0.25, 0.3) is 0 Å². The lowest BCUT2D eigenvalue weighted by Crippen LogP contribution is -2.43. The average Bonchev–Trinajstić information content (AvgIpc) is 3.33. The van der Waals surface area contributed by atoms with Crippen molar-refractivity contribution in [2.24, 2.45) is 10.4 Å². The number of rotatable bonds is 7. The number of H-pyrrole nitrogens is 1. The number of nitrogens with one attached hydrogen (secondary N) is 3. The topological polar surface area (TPSA) is 72.5 Å². The van der Waals surface area contributed by atoms with E-state index < -0.39 is 0 Å². The van der Waals surface area contributed by atoms with E-state index in [2.05, 4.69) is 15.6 Å². The zero-order chi connectivity index (χ0) is 20.9. The Hall–Kier alpha value is -1.84. The molecule has 3 rings (SSSR count). The SMILES string of the molecule is CCNC(=NCC1(C(=O)N(C)C)CCCC1)NCCc1c[nH]c2ccc(F)cc12.I. The quantitative estimate of drug-likeness (QED) is 0.291. The first-order valence-corrected chi connectivity index (χ1v) is 10.4. The van der Waals surface area contributed by atoms with Crippen molar-refractivity contribution in [2.45, 2.75) is 39.0 Å². The average molecular weight is 529 g/mol. The summed E-state index contributed by atoms with van der Waals surface area (Å²) in [5, 5.41) is 7.53. The van der Waals surface area contributed by atoms with Crippen LogP contribution in [0.4, 0.5) is 4.39 Å². The largest absolute Gasteiger partial charge is 0.361 e. The van der Waals surface area contributed by atoms with Crippen LogP contribution < -0.4 is 10.6 Å². The molecule has 0 spiro atoms. The van der Waals surface area contributed by atoms with Gasteiger partial charge < -0.3 is 20.5 Å². The van der Waals surface area contributed by atoms with Crippen molar-refractivity contribution >= 4 is 46.7 Å². The number of halogens is 2. The smallest absolute Gasteiger partial charge is 0.230 e. The van der Waals surface area contributed by atoms with E-state index in [1.54, 1.807) is 17.0 Å². The van der Waals surface area contributed by atoms with Crippen molar-refractivity contribution in [1.82, 2.24) is 20.5 Å². The predicted molar refractivity (Wildman–Crippen MR) is 131 cm³/mol. The molecular formula is C22H33FIN5O. The lowest BCUT2D eigenvalue weighted by molar-refractivity contribution is -0.138. The number of fused-ring (bicyclic) bond motifs is 1. The van der Waals surface area contributed by atoms with Crippen LogP contribution in [-0.2, 0) is 11.2 Å². The lowest BCUT2D eigenvalue weighted by Gasteiger charge is -2.29. The van der Waals surface area contributed by atoms with E-state index in [-0.39, 0.29) is 41.1 Å². The number of guanidine groups is 1. The molecule has 0 aliphatic heterocycles. The van der Waals surface area contributed by atoms with Gasteiger partial charge >= 0.3 is 0 Å². The molecule has 1 heterocycles. The lowest BCUT2D eigenvalue weighted by atomic mass is 9.85. The Kier molecular flexibility index (Phi) is 8.93.